The first-order chi connectivity index (χ1) is 12.5. The minimum atomic E-state index is -0.412. The summed E-state index contributed by atoms with van der Waals surface area (Å²) in [5.41, 5.74) is 1.98. The smallest absolute Gasteiger partial charge is 0.274 e. The van der Waals surface area contributed by atoms with Crippen LogP contribution in [0.3, 0.4) is 0 Å². The summed E-state index contributed by atoms with van der Waals surface area (Å²) in [6.45, 7) is 1.77. The van der Waals surface area contributed by atoms with Crippen molar-refractivity contribution in [2.75, 3.05) is 17.7 Å². The highest BCUT2D eigenvalue weighted by atomic mass is 19.1. The second-order valence-electron chi connectivity index (χ2n) is 5.50. The summed E-state index contributed by atoms with van der Waals surface area (Å²) in [4.78, 5) is 21.0. The van der Waals surface area contributed by atoms with Crippen LogP contribution in [0.1, 0.15) is 16.2 Å². The lowest BCUT2D eigenvalue weighted by Gasteiger charge is -2.11. The molecule has 0 fully saturated rings. The molecule has 3 rings (SSSR count). The summed E-state index contributed by atoms with van der Waals surface area (Å²) in [5.74, 6) is 0.128. The number of amides is 1. The Balaban J connectivity index is 1.82. The maximum absolute atomic E-state index is 13.0. The first kappa shape index (κ1) is 17.3. The molecule has 3 aromatic rings. The number of carbonyl (C=O) groups is 1. The fourth-order valence-electron chi connectivity index (χ4n) is 2.34. The van der Waals surface area contributed by atoms with Gasteiger partial charge in [-0.3, -0.25) is 4.79 Å². The van der Waals surface area contributed by atoms with E-state index in [0.29, 0.717) is 22.8 Å². The predicted molar refractivity (Wildman–Crippen MR) is 97.4 cm³/mol. The molecule has 0 aliphatic heterocycles. The van der Waals surface area contributed by atoms with E-state index in [1.54, 1.807) is 26.2 Å². The first-order valence-corrected chi connectivity index (χ1v) is 7.88. The Hall–Kier alpha value is -3.48. The third-order valence-electron chi connectivity index (χ3n) is 3.54. The lowest BCUT2D eigenvalue weighted by molar-refractivity contribution is 0.102. The Morgan fingerprint density at radius 2 is 1.81 bits per heavy atom. The van der Waals surface area contributed by atoms with Gasteiger partial charge in [-0.25, -0.2) is 14.4 Å². The summed E-state index contributed by atoms with van der Waals surface area (Å²) in [7, 11) is 1.57. The monoisotopic (exact) mass is 352 g/mol. The average Bonchev–Trinajstić information content (AvgIpc) is 2.63. The Bertz CT molecular complexity index is 929. The molecule has 0 atom stereocenters. The van der Waals surface area contributed by atoms with Gasteiger partial charge in [-0.2, -0.15) is 0 Å². The topological polar surface area (TPSA) is 76.1 Å². The molecule has 2 N–H and O–H groups in total. The molecule has 6 nitrogen and oxygen atoms in total. The molecule has 0 bridgehead atoms. The molecular formula is C19H17FN4O2. The van der Waals surface area contributed by atoms with Crippen molar-refractivity contribution in [2.24, 2.45) is 0 Å². The van der Waals surface area contributed by atoms with Crippen LogP contribution in [0, 0.1) is 12.7 Å². The van der Waals surface area contributed by atoms with Gasteiger partial charge in [0.05, 0.1) is 12.8 Å². The zero-order chi connectivity index (χ0) is 18.5. The van der Waals surface area contributed by atoms with Crippen LogP contribution >= 0.6 is 0 Å². The summed E-state index contributed by atoms with van der Waals surface area (Å²) >= 11 is 0. The molecule has 0 spiro atoms. The number of carbonyl (C=O) groups excluding carboxylic acids is 1. The van der Waals surface area contributed by atoms with Crippen molar-refractivity contribution in [3.05, 3.63) is 71.8 Å². The quantitative estimate of drug-likeness (QED) is 0.728. The van der Waals surface area contributed by atoms with E-state index in [2.05, 4.69) is 20.6 Å². The number of anilines is 3. The van der Waals surface area contributed by atoms with E-state index >= 15 is 0 Å². The molecule has 0 saturated carbocycles. The largest absolute Gasteiger partial charge is 0.495 e. The van der Waals surface area contributed by atoms with Gasteiger partial charge in [0.1, 0.15) is 17.3 Å². The number of aromatic nitrogens is 2. The maximum Gasteiger partial charge on any atom is 0.274 e. The van der Waals surface area contributed by atoms with Gasteiger partial charge in [0, 0.05) is 11.4 Å². The second-order valence-corrected chi connectivity index (χ2v) is 5.50. The molecule has 132 valence electrons. The highest BCUT2D eigenvalue weighted by Crippen LogP contribution is 2.25. The fraction of sp³-hybridized carbons (Fsp3) is 0.105. The average molecular weight is 352 g/mol. The minimum Gasteiger partial charge on any atom is -0.495 e. The van der Waals surface area contributed by atoms with E-state index in [0.717, 1.165) is 0 Å². The van der Waals surface area contributed by atoms with Crippen molar-refractivity contribution in [1.82, 2.24) is 9.97 Å². The summed E-state index contributed by atoms with van der Waals surface area (Å²) in [5, 5.41) is 5.73. The molecule has 1 heterocycles. The number of para-hydroxylation sites is 2. The number of benzene rings is 2. The van der Waals surface area contributed by atoms with Crippen LogP contribution in [0.2, 0.25) is 0 Å². The maximum atomic E-state index is 13.0. The van der Waals surface area contributed by atoms with Crippen molar-refractivity contribution >= 4 is 23.2 Å². The molecule has 1 aromatic heterocycles. The van der Waals surface area contributed by atoms with Crippen molar-refractivity contribution in [3.8, 4) is 5.75 Å². The van der Waals surface area contributed by atoms with Crippen molar-refractivity contribution in [3.63, 3.8) is 0 Å². The number of hydrogen-bond donors (Lipinski definition) is 2. The number of nitrogens with zero attached hydrogens (tertiary/aromatic N) is 2. The normalized spacial score (nSPS) is 10.3. The molecule has 1 amide bonds. The Kier molecular flexibility index (Phi) is 5.07. The van der Waals surface area contributed by atoms with Gasteiger partial charge in [0.25, 0.3) is 5.91 Å². The second kappa shape index (κ2) is 7.60. The number of rotatable bonds is 5. The van der Waals surface area contributed by atoms with Gasteiger partial charge < -0.3 is 15.4 Å². The fourth-order valence-corrected chi connectivity index (χ4v) is 2.34. The third-order valence-corrected chi connectivity index (χ3v) is 3.54. The molecule has 0 aliphatic rings. The summed E-state index contributed by atoms with van der Waals surface area (Å²) < 4.78 is 18.3. The highest BCUT2D eigenvalue weighted by molar-refractivity contribution is 6.03. The van der Waals surface area contributed by atoms with Gasteiger partial charge >= 0.3 is 0 Å². The number of ether oxygens (including phenoxy) is 1. The first-order valence-electron chi connectivity index (χ1n) is 7.88. The minimum absolute atomic E-state index is 0.194. The lowest BCUT2D eigenvalue weighted by atomic mass is 10.2. The summed E-state index contributed by atoms with van der Waals surface area (Å²) in [6.07, 6.45) is 0. The zero-order valence-electron chi connectivity index (χ0n) is 14.3. The zero-order valence-corrected chi connectivity index (χ0v) is 14.3. The predicted octanol–water partition coefficient (Wildman–Crippen LogP) is 3.93. The van der Waals surface area contributed by atoms with Crippen LogP contribution in [0.15, 0.2) is 54.6 Å². The highest BCUT2D eigenvalue weighted by Gasteiger charge is 2.12. The third kappa shape index (κ3) is 4.13. The number of nitrogens with one attached hydrogen (secondary N) is 2. The number of aryl methyl sites for hydroxylation is 1. The van der Waals surface area contributed by atoms with E-state index in [1.165, 1.54) is 24.3 Å². The van der Waals surface area contributed by atoms with Crippen LogP contribution in [-0.4, -0.2) is 23.0 Å². The molecule has 0 aliphatic carbocycles. The lowest BCUT2D eigenvalue weighted by Crippen LogP contribution is -2.15. The molecule has 7 heteroatoms. The van der Waals surface area contributed by atoms with Crippen molar-refractivity contribution < 1.29 is 13.9 Å². The summed E-state index contributed by atoms with van der Waals surface area (Å²) in [6, 6.07) is 14.4. The van der Waals surface area contributed by atoms with Gasteiger partial charge in [-0.1, -0.05) is 12.1 Å². The number of hydrogen-bond acceptors (Lipinski definition) is 5. The van der Waals surface area contributed by atoms with Gasteiger partial charge in [-0.15, -0.1) is 0 Å². The molecule has 0 radical (unpaired) electrons. The van der Waals surface area contributed by atoms with E-state index in [-0.39, 0.29) is 17.5 Å². The van der Waals surface area contributed by atoms with Crippen molar-refractivity contribution in [2.45, 2.75) is 6.92 Å². The molecule has 0 saturated heterocycles. The van der Waals surface area contributed by atoms with Crippen LogP contribution < -0.4 is 15.4 Å². The van der Waals surface area contributed by atoms with Crippen LogP contribution in [-0.2, 0) is 0 Å². The Morgan fingerprint density at radius 3 is 2.54 bits per heavy atom. The molecule has 0 unspecified atom stereocenters. The van der Waals surface area contributed by atoms with Crippen molar-refractivity contribution in [1.29, 1.82) is 0 Å². The van der Waals surface area contributed by atoms with Crippen LogP contribution in [0.5, 0.6) is 5.75 Å². The SMILES string of the molecule is COc1ccccc1Nc1nc(C)cc(C(=O)Nc2ccc(F)cc2)n1. The van der Waals surface area contributed by atoms with Gasteiger partial charge in [0.15, 0.2) is 0 Å². The Morgan fingerprint density at radius 1 is 1.08 bits per heavy atom. The van der Waals surface area contributed by atoms with E-state index in [4.69, 9.17) is 4.74 Å². The van der Waals surface area contributed by atoms with E-state index in [9.17, 15) is 9.18 Å². The molecule has 26 heavy (non-hydrogen) atoms. The number of methoxy groups -OCH3 is 1. The Labute approximate surface area is 150 Å². The molecular weight excluding hydrogens is 335 g/mol. The van der Waals surface area contributed by atoms with E-state index < -0.39 is 5.91 Å². The number of halogens is 1. The van der Waals surface area contributed by atoms with Gasteiger partial charge in [-0.05, 0) is 49.4 Å². The van der Waals surface area contributed by atoms with Crippen LogP contribution in [0.25, 0.3) is 0 Å². The van der Waals surface area contributed by atoms with E-state index in [1.807, 2.05) is 18.2 Å². The standard InChI is InChI=1S/C19H17FN4O2/c1-12-11-16(18(25)22-14-9-7-13(20)8-10-14)24-19(21-12)23-15-5-3-4-6-17(15)26-2/h3-11H,1-2H3,(H,22,25)(H,21,23,24). The van der Waals surface area contributed by atoms with Gasteiger partial charge in [0.2, 0.25) is 5.95 Å². The van der Waals surface area contributed by atoms with Crippen LogP contribution in [0.4, 0.5) is 21.7 Å². The molecule has 2 aromatic carbocycles.